The van der Waals surface area contributed by atoms with Crippen LogP contribution in [0.2, 0.25) is 0 Å². The van der Waals surface area contributed by atoms with Crippen LogP contribution in [0.1, 0.15) is 25.7 Å². The number of H-pyrrole nitrogens is 1. The number of piperazine rings is 1. The van der Waals surface area contributed by atoms with Gasteiger partial charge in [-0.1, -0.05) is 6.07 Å². The number of imidazole rings is 1. The van der Waals surface area contributed by atoms with Gasteiger partial charge in [0.2, 0.25) is 0 Å². The minimum Gasteiger partial charge on any atom is -0.369 e. The number of nitrogens with zero attached hydrogens (tertiary/aromatic N) is 6. The van der Waals surface area contributed by atoms with Crippen molar-refractivity contribution in [1.29, 1.82) is 0 Å². The van der Waals surface area contributed by atoms with Crippen molar-refractivity contribution in [3.8, 4) is 11.1 Å². The predicted octanol–water partition coefficient (Wildman–Crippen LogP) is 5.36. The molecule has 0 atom stereocenters. The largest absolute Gasteiger partial charge is 0.369 e. The molecule has 1 aromatic carbocycles. The molecule has 1 saturated heterocycles. The lowest BCUT2D eigenvalue weighted by molar-refractivity contribution is 0.313. The molecule has 1 aliphatic rings. The smallest absolute Gasteiger partial charge is 0.177 e. The van der Waals surface area contributed by atoms with Crippen LogP contribution in [0.15, 0.2) is 54.9 Å². The van der Waals surface area contributed by atoms with E-state index in [-0.39, 0.29) is 0 Å². The van der Waals surface area contributed by atoms with Crippen LogP contribution in [0.5, 0.6) is 0 Å². The predicted molar refractivity (Wildman–Crippen MR) is 147 cm³/mol. The molecule has 2 N–H and O–H groups in total. The first-order valence-electron chi connectivity index (χ1n) is 12.6. The highest BCUT2D eigenvalue weighted by Gasteiger charge is 2.16. The van der Waals surface area contributed by atoms with E-state index in [0.29, 0.717) is 6.04 Å². The number of rotatable bonds is 5. The third kappa shape index (κ3) is 4.07. The Labute approximate surface area is 211 Å². The van der Waals surface area contributed by atoms with Crippen molar-refractivity contribution in [2.45, 2.75) is 26.8 Å². The molecule has 0 radical (unpaired) electrons. The minimum atomic E-state index is 0.320. The van der Waals surface area contributed by atoms with Gasteiger partial charge in [0, 0.05) is 72.5 Å². The lowest BCUT2D eigenvalue weighted by Gasteiger charge is -2.34. The maximum Gasteiger partial charge on any atom is 0.177 e. The average molecular weight is 481 g/mol. The van der Waals surface area contributed by atoms with Gasteiger partial charge >= 0.3 is 0 Å². The first kappa shape index (κ1) is 22.5. The van der Waals surface area contributed by atoms with E-state index in [9.17, 15) is 0 Å². The number of pyridine rings is 2. The SMILES string of the molecule is Cc1nc2ncc(-c3c[nH]c4nc(Nc5cccc(N6CCN(C)CC6)c5)ccc34)cc2n1C(C)C. The average Bonchev–Trinajstić information content (AvgIpc) is 3.44. The van der Waals surface area contributed by atoms with Crippen LogP contribution in [0, 0.1) is 6.92 Å². The van der Waals surface area contributed by atoms with Gasteiger partial charge in [-0.2, -0.15) is 0 Å². The van der Waals surface area contributed by atoms with E-state index in [4.69, 9.17) is 4.98 Å². The van der Waals surface area contributed by atoms with E-state index in [1.807, 2.05) is 25.4 Å². The lowest BCUT2D eigenvalue weighted by Crippen LogP contribution is -2.44. The summed E-state index contributed by atoms with van der Waals surface area (Å²) in [5.41, 5.74) is 7.11. The highest BCUT2D eigenvalue weighted by molar-refractivity contribution is 5.96. The summed E-state index contributed by atoms with van der Waals surface area (Å²) >= 11 is 0. The van der Waals surface area contributed by atoms with Gasteiger partial charge in [-0.05, 0) is 64.2 Å². The van der Waals surface area contributed by atoms with Crippen molar-refractivity contribution in [2.75, 3.05) is 43.4 Å². The summed E-state index contributed by atoms with van der Waals surface area (Å²) in [6.07, 6.45) is 3.92. The first-order valence-corrected chi connectivity index (χ1v) is 12.6. The number of likely N-dealkylation sites (N-methyl/N-ethyl adjacent to an activating group) is 1. The van der Waals surface area contributed by atoms with Gasteiger partial charge in [0.05, 0.1) is 5.52 Å². The summed E-state index contributed by atoms with van der Waals surface area (Å²) in [7, 11) is 2.18. The maximum atomic E-state index is 4.86. The highest BCUT2D eigenvalue weighted by atomic mass is 15.2. The van der Waals surface area contributed by atoms with Crippen molar-refractivity contribution >= 4 is 39.4 Å². The number of hydrogen-bond acceptors (Lipinski definition) is 6. The quantitative estimate of drug-likeness (QED) is 0.353. The van der Waals surface area contributed by atoms with Crippen LogP contribution >= 0.6 is 0 Å². The maximum absolute atomic E-state index is 4.86. The summed E-state index contributed by atoms with van der Waals surface area (Å²) in [6, 6.07) is 15.2. The molecule has 1 fully saturated rings. The molecule has 0 unspecified atom stereocenters. The molecule has 8 nitrogen and oxygen atoms in total. The van der Waals surface area contributed by atoms with Gasteiger partial charge in [0.25, 0.3) is 0 Å². The molecule has 0 amide bonds. The second kappa shape index (κ2) is 8.95. The Morgan fingerprint density at radius 1 is 1.00 bits per heavy atom. The normalized spacial score (nSPS) is 14.9. The van der Waals surface area contributed by atoms with Crippen LogP contribution < -0.4 is 10.2 Å². The molecule has 1 aliphatic heterocycles. The number of benzene rings is 1. The third-order valence-corrected chi connectivity index (χ3v) is 7.08. The van der Waals surface area contributed by atoms with Crippen molar-refractivity contribution in [1.82, 2.24) is 29.4 Å². The number of hydrogen-bond donors (Lipinski definition) is 2. The molecule has 8 heteroatoms. The van der Waals surface area contributed by atoms with Crippen molar-refractivity contribution in [3.63, 3.8) is 0 Å². The van der Waals surface area contributed by atoms with E-state index in [0.717, 1.165) is 76.8 Å². The standard InChI is InChI=1S/C28H32N8/c1-18(2)36-19(3)31-28-25(36)14-20(16-29-28)24-17-30-27-23(24)8-9-26(33-27)32-21-6-5-7-22(15-21)35-12-10-34(4)11-13-35/h5-9,14-18H,10-13H2,1-4H3,(H2,30,32,33). The number of aromatic amines is 1. The summed E-state index contributed by atoms with van der Waals surface area (Å²) in [4.78, 5) is 22.3. The zero-order chi connectivity index (χ0) is 24.8. The molecule has 6 rings (SSSR count). The van der Waals surface area contributed by atoms with E-state index in [1.54, 1.807) is 0 Å². The van der Waals surface area contributed by atoms with Gasteiger partial charge in [0.15, 0.2) is 5.65 Å². The Hall–Kier alpha value is -3.91. The molecule has 4 aromatic heterocycles. The van der Waals surface area contributed by atoms with E-state index in [2.05, 4.69) is 91.9 Å². The summed E-state index contributed by atoms with van der Waals surface area (Å²) < 4.78 is 2.23. The van der Waals surface area contributed by atoms with Crippen LogP contribution in [0.3, 0.4) is 0 Å². The van der Waals surface area contributed by atoms with Gasteiger partial charge in [-0.25, -0.2) is 15.0 Å². The fourth-order valence-corrected chi connectivity index (χ4v) is 5.20. The van der Waals surface area contributed by atoms with E-state index >= 15 is 0 Å². The highest BCUT2D eigenvalue weighted by Crippen LogP contribution is 2.32. The van der Waals surface area contributed by atoms with E-state index < -0.39 is 0 Å². The Kier molecular flexibility index (Phi) is 5.60. The summed E-state index contributed by atoms with van der Waals surface area (Å²) in [6.45, 7) is 10.7. The molecule has 5 heterocycles. The Morgan fingerprint density at radius 3 is 2.64 bits per heavy atom. The lowest BCUT2D eigenvalue weighted by atomic mass is 10.1. The second-order valence-corrected chi connectivity index (χ2v) is 9.95. The van der Waals surface area contributed by atoms with E-state index in [1.165, 1.54) is 5.69 Å². The molecular weight excluding hydrogens is 448 g/mol. The van der Waals surface area contributed by atoms with Gasteiger partial charge in [-0.3, -0.25) is 0 Å². The summed E-state index contributed by atoms with van der Waals surface area (Å²) in [5.74, 6) is 1.80. The number of fused-ring (bicyclic) bond motifs is 2. The number of nitrogens with one attached hydrogen (secondary N) is 2. The summed E-state index contributed by atoms with van der Waals surface area (Å²) in [5, 5.41) is 4.56. The Morgan fingerprint density at radius 2 is 1.83 bits per heavy atom. The fraction of sp³-hybridized carbons (Fsp3) is 0.321. The number of aromatic nitrogens is 5. The molecule has 0 bridgehead atoms. The van der Waals surface area contributed by atoms with Crippen molar-refractivity contribution < 1.29 is 0 Å². The van der Waals surface area contributed by atoms with Crippen LogP contribution in [0.25, 0.3) is 33.3 Å². The molecule has 0 saturated carbocycles. The zero-order valence-electron chi connectivity index (χ0n) is 21.3. The molecule has 5 aromatic rings. The van der Waals surface area contributed by atoms with Gasteiger partial charge in [-0.15, -0.1) is 0 Å². The minimum absolute atomic E-state index is 0.320. The first-order chi connectivity index (χ1) is 17.5. The number of aryl methyl sites for hydroxylation is 1. The Balaban J connectivity index is 1.27. The number of anilines is 3. The zero-order valence-corrected chi connectivity index (χ0v) is 21.3. The molecule has 0 aliphatic carbocycles. The monoisotopic (exact) mass is 480 g/mol. The fourth-order valence-electron chi connectivity index (χ4n) is 5.20. The molecular formula is C28H32N8. The van der Waals surface area contributed by atoms with Crippen LogP contribution in [0.4, 0.5) is 17.2 Å². The second-order valence-electron chi connectivity index (χ2n) is 9.95. The van der Waals surface area contributed by atoms with Crippen molar-refractivity contribution in [3.05, 3.63) is 60.7 Å². The molecule has 36 heavy (non-hydrogen) atoms. The molecule has 184 valence electrons. The topological polar surface area (TPSA) is 77.9 Å². The molecule has 0 spiro atoms. The third-order valence-electron chi connectivity index (χ3n) is 7.08. The van der Waals surface area contributed by atoms with Crippen LogP contribution in [-0.2, 0) is 0 Å². The van der Waals surface area contributed by atoms with Gasteiger partial charge < -0.3 is 24.7 Å². The van der Waals surface area contributed by atoms with Gasteiger partial charge in [0.1, 0.15) is 17.3 Å². The Bertz CT molecular complexity index is 1540. The van der Waals surface area contributed by atoms with Crippen LogP contribution in [-0.4, -0.2) is 62.6 Å². The van der Waals surface area contributed by atoms with Crippen molar-refractivity contribution in [2.24, 2.45) is 0 Å².